The minimum atomic E-state index is -3.84. The van der Waals surface area contributed by atoms with Crippen LogP contribution in [0.2, 0.25) is 0 Å². The number of benzene rings is 2. The van der Waals surface area contributed by atoms with Crippen molar-refractivity contribution in [3.63, 3.8) is 0 Å². The molecule has 5 nitrogen and oxygen atoms in total. The van der Waals surface area contributed by atoms with Gasteiger partial charge in [0.2, 0.25) is 10.0 Å². The van der Waals surface area contributed by atoms with Crippen LogP contribution < -0.4 is 0 Å². The first kappa shape index (κ1) is 18.1. The highest BCUT2D eigenvalue weighted by Gasteiger charge is 2.49. The predicted octanol–water partition coefficient (Wildman–Crippen LogP) is 2.96. The van der Waals surface area contributed by atoms with Crippen molar-refractivity contribution in [2.75, 3.05) is 13.1 Å². The highest BCUT2D eigenvalue weighted by molar-refractivity contribution is 7.88. The van der Waals surface area contributed by atoms with E-state index in [1.807, 2.05) is 0 Å². The average Bonchev–Trinajstić information content (AvgIpc) is 2.86. The van der Waals surface area contributed by atoms with Crippen LogP contribution in [-0.4, -0.2) is 31.8 Å². The van der Waals surface area contributed by atoms with E-state index >= 15 is 0 Å². The van der Waals surface area contributed by atoms with E-state index in [1.165, 1.54) is 4.31 Å². The van der Waals surface area contributed by atoms with E-state index in [-0.39, 0.29) is 18.7 Å². The Morgan fingerprint density at radius 1 is 1.11 bits per heavy atom. The largest absolute Gasteiger partial charge is 0.449 e. The molecule has 0 aromatic heterocycles. The van der Waals surface area contributed by atoms with Gasteiger partial charge in [-0.05, 0) is 36.6 Å². The van der Waals surface area contributed by atoms with Crippen molar-refractivity contribution in [3.8, 4) is 0 Å². The van der Waals surface area contributed by atoms with Gasteiger partial charge in [-0.15, -0.1) is 0 Å². The van der Waals surface area contributed by atoms with Crippen LogP contribution in [0.5, 0.6) is 0 Å². The zero-order valence-electron chi connectivity index (χ0n) is 14.3. The quantitative estimate of drug-likeness (QED) is 0.753. The smallest absolute Gasteiger partial charge is 0.339 e. The van der Waals surface area contributed by atoms with Crippen LogP contribution in [0, 0.1) is 11.6 Å². The molecular formula is C19H17F2NO4S. The molecule has 0 saturated carbocycles. The molecule has 0 radical (unpaired) electrons. The first-order chi connectivity index (χ1) is 12.8. The number of nitrogens with zero attached hydrogens (tertiary/aromatic N) is 1. The molecule has 1 spiro atoms. The number of sulfonamides is 1. The molecule has 1 atom stereocenters. The maximum absolute atomic E-state index is 13.4. The summed E-state index contributed by atoms with van der Waals surface area (Å²) in [5.41, 5.74) is 0.165. The fourth-order valence-corrected chi connectivity index (χ4v) is 5.45. The minimum Gasteiger partial charge on any atom is -0.449 e. The fourth-order valence-electron chi connectivity index (χ4n) is 3.87. The normalized spacial score (nSPS) is 22.7. The van der Waals surface area contributed by atoms with Crippen molar-refractivity contribution in [2.45, 2.75) is 24.2 Å². The van der Waals surface area contributed by atoms with Crippen LogP contribution in [-0.2, 0) is 26.1 Å². The SMILES string of the molecule is O=C1O[C@]2(CCCN(S(=O)(=O)Cc3cc(F)cc(F)c3)C2)c2ccccc21. The molecule has 27 heavy (non-hydrogen) atoms. The summed E-state index contributed by atoms with van der Waals surface area (Å²) in [5.74, 6) is -2.63. The van der Waals surface area contributed by atoms with Crippen LogP contribution in [0.15, 0.2) is 42.5 Å². The maximum Gasteiger partial charge on any atom is 0.339 e. The van der Waals surface area contributed by atoms with E-state index < -0.39 is 39.0 Å². The van der Waals surface area contributed by atoms with Gasteiger partial charge in [-0.1, -0.05) is 18.2 Å². The van der Waals surface area contributed by atoms with Crippen molar-refractivity contribution in [2.24, 2.45) is 0 Å². The number of halogens is 2. The minimum absolute atomic E-state index is 0.00408. The second-order valence-electron chi connectivity index (χ2n) is 6.90. The summed E-state index contributed by atoms with van der Waals surface area (Å²) in [6.07, 6.45) is 1.04. The van der Waals surface area contributed by atoms with Crippen molar-refractivity contribution in [1.29, 1.82) is 0 Å². The highest BCUT2D eigenvalue weighted by Crippen LogP contribution is 2.43. The molecule has 142 valence electrons. The molecule has 2 aromatic rings. The highest BCUT2D eigenvalue weighted by atomic mass is 32.2. The van der Waals surface area contributed by atoms with Crippen LogP contribution in [0.3, 0.4) is 0 Å². The predicted molar refractivity (Wildman–Crippen MR) is 93.3 cm³/mol. The van der Waals surface area contributed by atoms with E-state index in [4.69, 9.17) is 4.74 Å². The summed E-state index contributed by atoms with van der Waals surface area (Å²) in [7, 11) is -3.84. The molecular weight excluding hydrogens is 376 g/mol. The molecule has 2 heterocycles. The zero-order chi connectivity index (χ0) is 19.2. The Labute approximate surface area is 155 Å². The molecule has 2 aliphatic rings. The fraction of sp³-hybridized carbons (Fsp3) is 0.316. The van der Waals surface area contributed by atoms with Crippen molar-refractivity contribution in [3.05, 3.63) is 70.8 Å². The molecule has 1 saturated heterocycles. The Balaban J connectivity index is 1.62. The Bertz CT molecular complexity index is 1000. The summed E-state index contributed by atoms with van der Waals surface area (Å²) in [6.45, 7) is 0.261. The Morgan fingerprint density at radius 2 is 1.81 bits per heavy atom. The Kier molecular flexibility index (Phi) is 4.27. The van der Waals surface area contributed by atoms with Crippen LogP contribution >= 0.6 is 0 Å². The summed E-state index contributed by atoms with van der Waals surface area (Å²) in [6, 6.07) is 9.66. The number of carbonyl (C=O) groups is 1. The van der Waals surface area contributed by atoms with Crippen molar-refractivity contribution < 1.29 is 26.7 Å². The van der Waals surface area contributed by atoms with Gasteiger partial charge >= 0.3 is 5.97 Å². The van der Waals surface area contributed by atoms with E-state index in [1.54, 1.807) is 24.3 Å². The molecule has 0 bridgehead atoms. The van der Waals surface area contributed by atoms with Crippen LogP contribution in [0.1, 0.15) is 34.3 Å². The van der Waals surface area contributed by atoms with E-state index in [2.05, 4.69) is 0 Å². The Hall–Kier alpha value is -2.32. The number of esters is 1. The lowest BCUT2D eigenvalue weighted by Crippen LogP contribution is -2.49. The number of piperidine rings is 1. The summed E-state index contributed by atoms with van der Waals surface area (Å²) >= 11 is 0. The van der Waals surface area contributed by atoms with Gasteiger partial charge in [0, 0.05) is 18.2 Å². The maximum atomic E-state index is 13.4. The number of carbonyl (C=O) groups excluding carboxylic acids is 1. The number of hydrogen-bond acceptors (Lipinski definition) is 4. The number of fused-ring (bicyclic) bond motifs is 2. The molecule has 0 N–H and O–H groups in total. The van der Waals surface area contributed by atoms with Gasteiger partial charge in [-0.25, -0.2) is 22.0 Å². The molecule has 4 rings (SSSR count). The van der Waals surface area contributed by atoms with Gasteiger partial charge in [0.25, 0.3) is 0 Å². The lowest BCUT2D eigenvalue weighted by Gasteiger charge is -2.38. The molecule has 1 fully saturated rings. The van der Waals surface area contributed by atoms with Gasteiger partial charge in [0.05, 0.1) is 17.9 Å². The molecule has 8 heteroatoms. The van der Waals surface area contributed by atoms with Gasteiger partial charge in [-0.3, -0.25) is 0 Å². The number of hydrogen-bond donors (Lipinski definition) is 0. The second-order valence-corrected chi connectivity index (χ2v) is 8.87. The van der Waals surface area contributed by atoms with Crippen molar-refractivity contribution in [1.82, 2.24) is 4.31 Å². The van der Waals surface area contributed by atoms with Crippen LogP contribution in [0.4, 0.5) is 8.78 Å². The van der Waals surface area contributed by atoms with Gasteiger partial charge < -0.3 is 4.74 Å². The van der Waals surface area contributed by atoms with E-state index in [0.29, 0.717) is 30.0 Å². The van der Waals surface area contributed by atoms with Gasteiger partial charge in [0.15, 0.2) is 5.60 Å². The van der Waals surface area contributed by atoms with Crippen molar-refractivity contribution >= 4 is 16.0 Å². The Morgan fingerprint density at radius 3 is 2.56 bits per heavy atom. The third-order valence-corrected chi connectivity index (χ3v) is 6.81. The topological polar surface area (TPSA) is 63.7 Å². The summed E-state index contributed by atoms with van der Waals surface area (Å²) < 4.78 is 59.3. The molecule has 0 unspecified atom stereocenters. The molecule has 2 aromatic carbocycles. The monoisotopic (exact) mass is 393 g/mol. The lowest BCUT2D eigenvalue weighted by atomic mass is 9.86. The lowest BCUT2D eigenvalue weighted by molar-refractivity contribution is -0.0345. The summed E-state index contributed by atoms with van der Waals surface area (Å²) in [5, 5.41) is 0. The summed E-state index contributed by atoms with van der Waals surface area (Å²) in [4.78, 5) is 12.2. The average molecular weight is 393 g/mol. The first-order valence-corrected chi connectivity index (χ1v) is 10.2. The zero-order valence-corrected chi connectivity index (χ0v) is 15.1. The van der Waals surface area contributed by atoms with Gasteiger partial charge in [0.1, 0.15) is 11.6 Å². The first-order valence-electron chi connectivity index (χ1n) is 8.55. The number of rotatable bonds is 3. The van der Waals surface area contributed by atoms with Gasteiger partial charge in [-0.2, -0.15) is 4.31 Å². The number of ether oxygens (including phenoxy) is 1. The third-order valence-electron chi connectivity index (χ3n) is 5.01. The molecule has 2 aliphatic heterocycles. The second kappa shape index (κ2) is 6.38. The third kappa shape index (κ3) is 3.23. The van der Waals surface area contributed by atoms with E-state index in [9.17, 15) is 22.0 Å². The van der Waals surface area contributed by atoms with E-state index in [0.717, 1.165) is 12.1 Å². The molecule has 0 aliphatic carbocycles. The van der Waals surface area contributed by atoms with Crippen LogP contribution in [0.25, 0.3) is 0 Å². The molecule has 0 amide bonds. The standard InChI is InChI=1S/C19H17F2NO4S/c20-14-8-13(9-15(21)10-14)11-27(24,25)22-7-3-6-19(12-22)17-5-2-1-4-16(17)18(23)26-19/h1-2,4-5,8-10H,3,6-7,11-12H2/t19-/m0/s1.